The first-order chi connectivity index (χ1) is 25.7. The fraction of sp³-hybridized carbons (Fsp3) is 0.184. The second-order valence-corrected chi connectivity index (χ2v) is 15.5. The third-order valence-electron chi connectivity index (χ3n) is 12.7. The summed E-state index contributed by atoms with van der Waals surface area (Å²) in [6, 6.07) is 59.6. The van der Waals surface area contributed by atoms with Gasteiger partial charge in [0.2, 0.25) is 0 Å². The second-order valence-electron chi connectivity index (χ2n) is 15.5. The van der Waals surface area contributed by atoms with Crippen LogP contribution in [-0.2, 0) is 5.41 Å². The number of anilines is 6. The highest BCUT2D eigenvalue weighted by Crippen LogP contribution is 2.66. The Bertz CT molecular complexity index is 2530. The van der Waals surface area contributed by atoms with Crippen LogP contribution in [0.3, 0.4) is 0 Å². The zero-order valence-electron chi connectivity index (χ0n) is 29.2. The predicted octanol–water partition coefficient (Wildman–Crippen LogP) is 13.8. The molecule has 0 N–H and O–H groups in total. The number of nitrogens with zero attached hydrogens (tertiary/aromatic N) is 2. The van der Waals surface area contributed by atoms with Gasteiger partial charge < -0.3 is 14.2 Å². The van der Waals surface area contributed by atoms with Gasteiger partial charge >= 0.3 is 0 Å². The summed E-state index contributed by atoms with van der Waals surface area (Å²) in [6.07, 6.45) is 7.08. The van der Waals surface area contributed by atoms with Crippen molar-refractivity contribution in [1.29, 1.82) is 0 Å². The molecule has 0 aliphatic heterocycles. The van der Waals surface area contributed by atoms with Crippen molar-refractivity contribution >= 4 is 66.8 Å². The third kappa shape index (κ3) is 4.58. The van der Waals surface area contributed by atoms with E-state index in [1.807, 2.05) is 0 Å². The predicted molar refractivity (Wildman–Crippen MR) is 216 cm³/mol. The van der Waals surface area contributed by atoms with Crippen LogP contribution in [0, 0.1) is 17.8 Å². The van der Waals surface area contributed by atoms with Crippen LogP contribution in [-0.4, -0.2) is 0 Å². The van der Waals surface area contributed by atoms with Crippen molar-refractivity contribution in [2.24, 2.45) is 17.8 Å². The van der Waals surface area contributed by atoms with E-state index in [0.29, 0.717) is 5.41 Å². The molecule has 2 atom stereocenters. The molecule has 0 spiro atoms. The Morgan fingerprint density at radius 2 is 1.06 bits per heavy atom. The Morgan fingerprint density at radius 1 is 0.462 bits per heavy atom. The van der Waals surface area contributed by atoms with Crippen LogP contribution in [0.4, 0.5) is 34.1 Å². The Kier molecular flexibility index (Phi) is 6.67. The summed E-state index contributed by atoms with van der Waals surface area (Å²) in [5, 5.41) is 4.66. The van der Waals surface area contributed by atoms with Crippen molar-refractivity contribution in [1.82, 2.24) is 0 Å². The van der Waals surface area contributed by atoms with Crippen LogP contribution in [0.5, 0.6) is 0 Å². The van der Waals surface area contributed by atoms with Crippen molar-refractivity contribution in [3.63, 3.8) is 0 Å². The lowest BCUT2D eigenvalue weighted by Crippen LogP contribution is -2.27. The highest BCUT2D eigenvalue weighted by Gasteiger charge is 2.58. The van der Waals surface area contributed by atoms with E-state index >= 15 is 0 Å². The Hall–Kier alpha value is -5.80. The van der Waals surface area contributed by atoms with Gasteiger partial charge in [-0.2, -0.15) is 0 Å². The fourth-order valence-corrected chi connectivity index (χ4v) is 10.7. The van der Waals surface area contributed by atoms with Gasteiger partial charge in [0.05, 0.1) is 11.4 Å². The van der Waals surface area contributed by atoms with Crippen molar-refractivity contribution in [3.05, 3.63) is 169 Å². The largest absolute Gasteiger partial charge is 0.454 e. The first-order valence-electron chi connectivity index (χ1n) is 19.0. The molecule has 0 radical (unpaired) electrons. The van der Waals surface area contributed by atoms with Crippen molar-refractivity contribution in [3.8, 4) is 0 Å². The van der Waals surface area contributed by atoms with Gasteiger partial charge in [0, 0.05) is 38.9 Å². The molecule has 8 aromatic rings. The van der Waals surface area contributed by atoms with E-state index in [0.717, 1.165) is 68.1 Å². The van der Waals surface area contributed by atoms with E-state index in [2.05, 4.69) is 174 Å². The van der Waals surface area contributed by atoms with E-state index in [-0.39, 0.29) is 0 Å². The molecule has 4 bridgehead atoms. The summed E-state index contributed by atoms with van der Waals surface area (Å²) in [6.45, 7) is 0. The van der Waals surface area contributed by atoms with E-state index in [1.165, 1.54) is 48.6 Å². The molecule has 4 aliphatic rings. The summed E-state index contributed by atoms with van der Waals surface area (Å²) < 4.78 is 6.79. The quantitative estimate of drug-likeness (QED) is 0.168. The molecule has 4 saturated carbocycles. The van der Waals surface area contributed by atoms with Gasteiger partial charge in [0.15, 0.2) is 5.58 Å². The van der Waals surface area contributed by atoms with Crippen LogP contribution in [0.2, 0.25) is 0 Å². The van der Waals surface area contributed by atoms with Crippen LogP contribution < -0.4 is 9.80 Å². The molecule has 0 amide bonds. The Morgan fingerprint density at radius 3 is 1.79 bits per heavy atom. The van der Waals surface area contributed by atoms with Crippen LogP contribution in [0.15, 0.2) is 168 Å². The summed E-state index contributed by atoms with van der Waals surface area (Å²) in [7, 11) is 0. The van der Waals surface area contributed by atoms with Crippen molar-refractivity contribution in [2.75, 3.05) is 9.80 Å². The highest BCUT2D eigenvalue weighted by atomic mass is 16.3. The normalized spacial score (nSPS) is 21.7. The van der Waals surface area contributed by atoms with Crippen LogP contribution >= 0.6 is 0 Å². The summed E-state index contributed by atoms with van der Waals surface area (Å²) in [4.78, 5) is 4.81. The number of para-hydroxylation sites is 3. The average Bonchev–Trinajstić information content (AvgIpc) is 3.79. The van der Waals surface area contributed by atoms with Gasteiger partial charge in [0.1, 0.15) is 5.58 Å². The molecule has 4 fully saturated rings. The van der Waals surface area contributed by atoms with Crippen LogP contribution in [0.1, 0.15) is 37.7 Å². The van der Waals surface area contributed by atoms with E-state index in [1.54, 1.807) is 5.56 Å². The van der Waals surface area contributed by atoms with Crippen LogP contribution in [0.25, 0.3) is 32.7 Å². The number of furan rings is 1. The molecule has 252 valence electrons. The maximum atomic E-state index is 6.79. The van der Waals surface area contributed by atoms with Gasteiger partial charge in [-0.1, -0.05) is 103 Å². The van der Waals surface area contributed by atoms with Gasteiger partial charge in [-0.15, -0.1) is 0 Å². The second kappa shape index (κ2) is 11.6. The number of hydrogen-bond donors (Lipinski definition) is 0. The summed E-state index contributed by atoms with van der Waals surface area (Å²) in [5.74, 6) is 2.71. The summed E-state index contributed by atoms with van der Waals surface area (Å²) >= 11 is 0. The van der Waals surface area contributed by atoms with Crippen molar-refractivity contribution < 1.29 is 4.42 Å². The third-order valence-corrected chi connectivity index (χ3v) is 12.7. The lowest BCUT2D eigenvalue weighted by Gasteiger charge is -2.34. The molecule has 52 heavy (non-hydrogen) atoms. The Balaban J connectivity index is 1.16. The molecule has 4 aliphatic carbocycles. The maximum absolute atomic E-state index is 6.79. The van der Waals surface area contributed by atoms with Crippen molar-refractivity contribution in [2.45, 2.75) is 37.5 Å². The molecule has 0 saturated heterocycles. The maximum Gasteiger partial charge on any atom is 0.159 e. The first-order valence-corrected chi connectivity index (χ1v) is 19.0. The number of fused-ring (bicyclic) bond motifs is 4. The SMILES string of the molecule is c1ccc(N(c2ccccc2)c2cc(N(c3ccc(C45CC6CC(CC4C6)C5)cc3)c3cccc4ccccc34)cc3c2oc2ccccc23)cc1. The zero-order valence-corrected chi connectivity index (χ0v) is 29.2. The molecular weight excluding hydrogens is 633 g/mol. The van der Waals surface area contributed by atoms with Gasteiger partial charge in [-0.3, -0.25) is 0 Å². The first kappa shape index (κ1) is 29.9. The number of benzene rings is 7. The van der Waals surface area contributed by atoms with E-state index in [4.69, 9.17) is 4.42 Å². The highest BCUT2D eigenvalue weighted by molar-refractivity contribution is 6.13. The number of hydrogen-bond acceptors (Lipinski definition) is 3. The average molecular weight is 673 g/mol. The zero-order chi connectivity index (χ0) is 34.2. The molecule has 1 heterocycles. The van der Waals surface area contributed by atoms with Gasteiger partial charge in [-0.25, -0.2) is 0 Å². The van der Waals surface area contributed by atoms with Gasteiger partial charge in [0.25, 0.3) is 0 Å². The van der Waals surface area contributed by atoms with E-state index < -0.39 is 0 Å². The van der Waals surface area contributed by atoms with Gasteiger partial charge in [-0.05, 0) is 127 Å². The minimum absolute atomic E-state index is 0.379. The lowest BCUT2D eigenvalue weighted by atomic mass is 9.71. The topological polar surface area (TPSA) is 19.6 Å². The molecule has 2 unspecified atom stereocenters. The monoisotopic (exact) mass is 672 g/mol. The Labute approximate surface area is 304 Å². The number of rotatable bonds is 7. The lowest BCUT2D eigenvalue weighted by molar-refractivity contribution is 0.266. The summed E-state index contributed by atoms with van der Waals surface area (Å²) in [5.41, 5.74) is 10.3. The molecule has 7 aromatic carbocycles. The molecular formula is C49H40N2O. The minimum Gasteiger partial charge on any atom is -0.454 e. The molecule has 1 aromatic heterocycles. The standard InChI is InChI=1S/C49H40N2O/c1-3-14-38(15-4-1)50(39-16-5-2-6-17-39)46-30-41(29-44-43-19-9-10-21-47(43)52-48(44)46)51(45-20-11-13-35-12-7-8-18-42(35)45)40-24-22-36(23-25-40)49-31-33-26-34(32-49)28-37(49)27-33/h1-25,29-30,33-34,37H,26-28,31-32H2. The molecule has 3 nitrogen and oxygen atoms in total. The smallest absolute Gasteiger partial charge is 0.159 e. The van der Waals surface area contributed by atoms with E-state index in [9.17, 15) is 0 Å². The fourth-order valence-electron chi connectivity index (χ4n) is 10.7. The minimum atomic E-state index is 0.379. The molecule has 3 heteroatoms. The molecule has 12 rings (SSSR count).